The normalized spacial score (nSPS) is 18.1. The van der Waals surface area contributed by atoms with Crippen LogP contribution >= 0.6 is 0 Å². The van der Waals surface area contributed by atoms with E-state index in [2.05, 4.69) is 20.4 Å². The smallest absolute Gasteiger partial charge is 0.241 e. The second-order valence-corrected chi connectivity index (χ2v) is 6.98. The zero-order valence-corrected chi connectivity index (χ0v) is 15.6. The van der Waals surface area contributed by atoms with Crippen molar-refractivity contribution < 1.29 is 14.1 Å². The fourth-order valence-corrected chi connectivity index (χ4v) is 3.18. The van der Waals surface area contributed by atoms with Crippen molar-refractivity contribution in [2.45, 2.75) is 39.3 Å². The first-order valence-electron chi connectivity index (χ1n) is 9.05. The van der Waals surface area contributed by atoms with Crippen molar-refractivity contribution in [1.29, 1.82) is 0 Å². The summed E-state index contributed by atoms with van der Waals surface area (Å²) in [6.07, 6.45) is 1.92. The number of carbonyl (C=O) groups excluding carboxylic acids is 1. The molecular weight excluding hydrogens is 332 g/mol. The minimum Gasteiger partial charge on any atom is -0.497 e. The van der Waals surface area contributed by atoms with Gasteiger partial charge in [-0.2, -0.15) is 4.98 Å². The van der Waals surface area contributed by atoms with E-state index in [0.29, 0.717) is 18.3 Å². The lowest BCUT2D eigenvalue weighted by Crippen LogP contribution is -2.44. The minimum atomic E-state index is 0.0233. The number of ether oxygens (including phenoxy) is 1. The average molecular weight is 358 g/mol. The third kappa shape index (κ3) is 4.60. The summed E-state index contributed by atoms with van der Waals surface area (Å²) in [5, 5.41) is 7.07. The van der Waals surface area contributed by atoms with E-state index in [4.69, 9.17) is 9.26 Å². The van der Waals surface area contributed by atoms with Gasteiger partial charge in [-0.1, -0.05) is 5.16 Å². The highest BCUT2D eigenvalue weighted by molar-refractivity contribution is 5.79. The molecule has 26 heavy (non-hydrogen) atoms. The lowest BCUT2D eigenvalue weighted by atomic mass is 9.97. The van der Waals surface area contributed by atoms with Gasteiger partial charge in [-0.15, -0.1) is 0 Å². The van der Waals surface area contributed by atoms with Gasteiger partial charge >= 0.3 is 0 Å². The Morgan fingerprint density at radius 2 is 2.15 bits per heavy atom. The molecule has 0 radical (unpaired) electrons. The van der Waals surface area contributed by atoms with Gasteiger partial charge in [0.05, 0.1) is 19.6 Å². The van der Waals surface area contributed by atoms with Crippen LogP contribution in [-0.2, 0) is 11.3 Å². The maximum Gasteiger partial charge on any atom is 0.241 e. The summed E-state index contributed by atoms with van der Waals surface area (Å²) >= 11 is 0. The number of likely N-dealkylation sites (tertiary alicyclic amines) is 1. The number of nitrogens with one attached hydrogen (secondary N) is 1. The van der Waals surface area contributed by atoms with Crippen molar-refractivity contribution in [3.05, 3.63) is 30.2 Å². The number of nitrogens with zero attached hydrogens (tertiary/aromatic N) is 3. The Labute approximate surface area is 153 Å². The lowest BCUT2D eigenvalue weighted by molar-refractivity contribution is -0.127. The summed E-state index contributed by atoms with van der Waals surface area (Å²) in [5.74, 6) is 2.08. The number of amides is 1. The number of benzene rings is 1. The predicted molar refractivity (Wildman–Crippen MR) is 97.6 cm³/mol. The summed E-state index contributed by atoms with van der Waals surface area (Å²) in [7, 11) is 1.63. The van der Waals surface area contributed by atoms with Gasteiger partial charge < -0.3 is 14.6 Å². The number of aromatic nitrogens is 2. The van der Waals surface area contributed by atoms with Gasteiger partial charge in [-0.3, -0.25) is 9.69 Å². The average Bonchev–Trinajstić information content (AvgIpc) is 3.10. The highest BCUT2D eigenvalue weighted by atomic mass is 16.5. The molecule has 3 rings (SSSR count). The summed E-state index contributed by atoms with van der Waals surface area (Å²) < 4.78 is 10.6. The molecule has 140 valence electrons. The Hall–Kier alpha value is -2.41. The van der Waals surface area contributed by atoms with Gasteiger partial charge in [-0.25, -0.2) is 0 Å². The first kappa shape index (κ1) is 18.4. The van der Waals surface area contributed by atoms with E-state index in [1.807, 2.05) is 38.1 Å². The van der Waals surface area contributed by atoms with Gasteiger partial charge in [0, 0.05) is 18.2 Å². The van der Waals surface area contributed by atoms with Crippen LogP contribution in [0.1, 0.15) is 32.6 Å². The van der Waals surface area contributed by atoms with Crippen molar-refractivity contribution in [3.8, 4) is 17.1 Å². The van der Waals surface area contributed by atoms with Gasteiger partial charge in [0.2, 0.25) is 17.6 Å². The molecule has 0 aliphatic carbocycles. The Bertz CT molecular complexity index is 727. The van der Waals surface area contributed by atoms with Crippen LogP contribution in [0.4, 0.5) is 0 Å². The van der Waals surface area contributed by atoms with E-state index in [-0.39, 0.29) is 17.9 Å². The van der Waals surface area contributed by atoms with Crippen LogP contribution in [0, 0.1) is 5.92 Å². The quantitative estimate of drug-likeness (QED) is 0.854. The second kappa shape index (κ2) is 8.31. The number of hydrogen-bond acceptors (Lipinski definition) is 6. The zero-order valence-electron chi connectivity index (χ0n) is 15.6. The summed E-state index contributed by atoms with van der Waals surface area (Å²) in [5.41, 5.74) is 0.883. The Morgan fingerprint density at radius 3 is 2.85 bits per heavy atom. The Balaban J connectivity index is 1.60. The first-order valence-corrected chi connectivity index (χ1v) is 9.05. The SMILES string of the molecule is COc1ccc(-c2noc(CN3CCCC(C(=O)NC(C)C)C3)n2)cc1. The van der Waals surface area contributed by atoms with Crippen LogP contribution < -0.4 is 10.1 Å². The van der Waals surface area contributed by atoms with E-state index in [1.54, 1.807) is 7.11 Å². The molecule has 1 amide bonds. The highest BCUT2D eigenvalue weighted by Gasteiger charge is 2.27. The van der Waals surface area contributed by atoms with Crippen molar-refractivity contribution in [1.82, 2.24) is 20.4 Å². The number of methoxy groups -OCH3 is 1. The summed E-state index contributed by atoms with van der Waals surface area (Å²) in [4.78, 5) is 18.9. The van der Waals surface area contributed by atoms with Crippen molar-refractivity contribution >= 4 is 5.91 Å². The molecule has 1 aromatic carbocycles. The third-order valence-electron chi connectivity index (χ3n) is 4.48. The molecule has 1 aromatic heterocycles. The van der Waals surface area contributed by atoms with E-state index in [1.165, 1.54) is 0 Å². The monoisotopic (exact) mass is 358 g/mol. The van der Waals surface area contributed by atoms with Crippen LogP contribution in [0.25, 0.3) is 11.4 Å². The highest BCUT2D eigenvalue weighted by Crippen LogP contribution is 2.22. The molecule has 0 bridgehead atoms. The largest absolute Gasteiger partial charge is 0.497 e. The number of piperidine rings is 1. The molecule has 2 aromatic rings. The van der Waals surface area contributed by atoms with E-state index < -0.39 is 0 Å². The molecule has 1 saturated heterocycles. The molecule has 1 N–H and O–H groups in total. The second-order valence-electron chi connectivity index (χ2n) is 6.98. The van der Waals surface area contributed by atoms with E-state index in [0.717, 1.165) is 37.2 Å². The minimum absolute atomic E-state index is 0.0233. The van der Waals surface area contributed by atoms with Crippen LogP contribution in [-0.4, -0.2) is 47.2 Å². The maximum absolute atomic E-state index is 12.2. The third-order valence-corrected chi connectivity index (χ3v) is 4.48. The van der Waals surface area contributed by atoms with Crippen LogP contribution in [0.2, 0.25) is 0 Å². The summed E-state index contributed by atoms with van der Waals surface area (Å²) in [6.45, 7) is 6.19. The molecule has 1 aliphatic heterocycles. The molecule has 0 spiro atoms. The fraction of sp³-hybridized carbons (Fsp3) is 0.526. The topological polar surface area (TPSA) is 80.5 Å². The van der Waals surface area contributed by atoms with E-state index in [9.17, 15) is 4.79 Å². The standard InChI is InChI=1S/C19H26N4O3/c1-13(2)20-19(24)15-5-4-10-23(11-15)12-17-21-18(22-26-17)14-6-8-16(25-3)9-7-14/h6-9,13,15H,4-5,10-12H2,1-3H3,(H,20,24). The number of hydrogen-bond donors (Lipinski definition) is 1. The molecule has 1 fully saturated rings. The molecule has 7 nitrogen and oxygen atoms in total. The van der Waals surface area contributed by atoms with Crippen LogP contribution in [0.15, 0.2) is 28.8 Å². The van der Waals surface area contributed by atoms with Gasteiger partial charge in [0.15, 0.2) is 0 Å². The van der Waals surface area contributed by atoms with Gasteiger partial charge in [0.1, 0.15) is 5.75 Å². The van der Waals surface area contributed by atoms with Gasteiger partial charge in [0.25, 0.3) is 0 Å². The predicted octanol–water partition coefficient (Wildman–Crippen LogP) is 2.48. The molecular formula is C19H26N4O3. The van der Waals surface area contributed by atoms with E-state index >= 15 is 0 Å². The summed E-state index contributed by atoms with van der Waals surface area (Å²) in [6, 6.07) is 7.71. The van der Waals surface area contributed by atoms with Crippen LogP contribution in [0.5, 0.6) is 5.75 Å². The number of rotatable bonds is 6. The molecule has 2 heterocycles. The van der Waals surface area contributed by atoms with Crippen molar-refractivity contribution in [2.75, 3.05) is 20.2 Å². The Kier molecular flexibility index (Phi) is 5.88. The first-order chi connectivity index (χ1) is 12.5. The Morgan fingerprint density at radius 1 is 1.38 bits per heavy atom. The maximum atomic E-state index is 12.2. The van der Waals surface area contributed by atoms with Crippen molar-refractivity contribution in [3.63, 3.8) is 0 Å². The zero-order chi connectivity index (χ0) is 18.5. The molecule has 7 heteroatoms. The van der Waals surface area contributed by atoms with Crippen molar-refractivity contribution in [2.24, 2.45) is 5.92 Å². The fourth-order valence-electron chi connectivity index (χ4n) is 3.18. The molecule has 0 saturated carbocycles. The van der Waals surface area contributed by atoms with Crippen LogP contribution in [0.3, 0.4) is 0 Å². The van der Waals surface area contributed by atoms with Gasteiger partial charge in [-0.05, 0) is 57.5 Å². The lowest BCUT2D eigenvalue weighted by Gasteiger charge is -2.31. The number of carbonyl (C=O) groups is 1. The molecule has 1 unspecified atom stereocenters. The molecule has 1 aliphatic rings. The molecule has 1 atom stereocenters.